The van der Waals surface area contributed by atoms with E-state index in [1.54, 1.807) is 29.4 Å². The number of hydrogen-bond acceptors (Lipinski definition) is 6. The molecule has 0 radical (unpaired) electrons. The molecule has 0 unspecified atom stereocenters. The first kappa shape index (κ1) is 22.0. The molecule has 1 amide bonds. The minimum atomic E-state index is -0.00781. The molecule has 170 valence electrons. The largest absolute Gasteiger partial charge is 0.312 e. The van der Waals surface area contributed by atoms with Gasteiger partial charge in [-0.1, -0.05) is 30.0 Å². The van der Waals surface area contributed by atoms with Gasteiger partial charge >= 0.3 is 0 Å². The number of aromatic nitrogens is 4. The lowest BCUT2D eigenvalue weighted by atomic mass is 10.1. The van der Waals surface area contributed by atoms with Gasteiger partial charge in [0.1, 0.15) is 0 Å². The average Bonchev–Trinajstić information content (AvgIpc) is 3.49. The highest BCUT2D eigenvalue weighted by molar-refractivity contribution is 7.99. The second-order valence-electron chi connectivity index (χ2n) is 8.08. The van der Waals surface area contributed by atoms with Crippen LogP contribution in [0, 0.1) is 6.92 Å². The fourth-order valence-corrected chi connectivity index (χ4v) is 4.88. The highest BCUT2D eigenvalue weighted by Crippen LogP contribution is 2.30. The Hall–Kier alpha value is -3.78. The molecule has 0 bridgehead atoms. The number of hydrogen-bond donors (Lipinski definition) is 0. The van der Waals surface area contributed by atoms with Crippen LogP contribution < -0.4 is 4.90 Å². The van der Waals surface area contributed by atoms with Crippen LogP contribution in [0.25, 0.3) is 17.1 Å². The third kappa shape index (κ3) is 4.36. The van der Waals surface area contributed by atoms with Gasteiger partial charge in [0.2, 0.25) is 5.91 Å². The molecule has 7 nitrogen and oxygen atoms in total. The Morgan fingerprint density at radius 1 is 1.03 bits per heavy atom. The van der Waals surface area contributed by atoms with E-state index in [0.717, 1.165) is 35.5 Å². The van der Waals surface area contributed by atoms with Crippen LogP contribution in [-0.2, 0) is 4.79 Å². The Bertz CT molecular complexity index is 1340. The van der Waals surface area contributed by atoms with Crippen LogP contribution in [-0.4, -0.2) is 43.7 Å². The summed E-state index contributed by atoms with van der Waals surface area (Å²) in [6.07, 6.45) is 4.93. The van der Waals surface area contributed by atoms with Crippen molar-refractivity contribution in [3.8, 4) is 17.1 Å². The van der Waals surface area contributed by atoms with Crippen LogP contribution in [0.1, 0.15) is 28.8 Å². The summed E-state index contributed by atoms with van der Waals surface area (Å²) >= 11 is 1.35. The van der Waals surface area contributed by atoms with Gasteiger partial charge in [-0.15, -0.1) is 10.2 Å². The minimum absolute atomic E-state index is 0.00781. The molecule has 0 atom stereocenters. The fraction of sp³-hybridized carbons (Fsp3) is 0.192. The van der Waals surface area contributed by atoms with Gasteiger partial charge in [-0.3, -0.25) is 19.1 Å². The predicted octanol–water partition coefficient (Wildman–Crippen LogP) is 4.74. The van der Waals surface area contributed by atoms with Gasteiger partial charge in [-0.05, 0) is 61.4 Å². The zero-order valence-corrected chi connectivity index (χ0v) is 19.5. The molecule has 2 aromatic carbocycles. The van der Waals surface area contributed by atoms with Crippen LogP contribution in [0.4, 0.5) is 5.69 Å². The SMILES string of the molecule is Cc1ccccc1-n1c(SCC(=O)c2ccc(N3CCCC3=O)cc2)nnc1-c1cccnc1. The quantitative estimate of drug-likeness (QED) is 0.287. The molecule has 8 heteroatoms. The average molecular weight is 470 g/mol. The molecule has 0 N–H and O–H groups in total. The smallest absolute Gasteiger partial charge is 0.227 e. The molecule has 1 aliphatic heterocycles. The van der Waals surface area contributed by atoms with Crippen molar-refractivity contribution in [2.75, 3.05) is 17.2 Å². The molecule has 0 saturated carbocycles. The van der Waals surface area contributed by atoms with Crippen LogP contribution in [0.15, 0.2) is 78.2 Å². The number of Topliss-reactive ketones (excluding diaryl/α,β-unsaturated/α-hetero) is 1. The van der Waals surface area contributed by atoms with Gasteiger partial charge in [0.15, 0.2) is 16.8 Å². The number of para-hydroxylation sites is 1. The summed E-state index contributed by atoms with van der Waals surface area (Å²) in [6.45, 7) is 2.77. The first-order valence-corrected chi connectivity index (χ1v) is 12.1. The van der Waals surface area contributed by atoms with E-state index in [4.69, 9.17) is 0 Å². The van der Waals surface area contributed by atoms with Crippen molar-refractivity contribution in [1.82, 2.24) is 19.7 Å². The number of nitrogens with zero attached hydrogens (tertiary/aromatic N) is 5. The number of ketones is 1. The molecule has 1 aliphatic rings. The number of aryl methyl sites for hydroxylation is 1. The number of amides is 1. The van der Waals surface area contributed by atoms with E-state index in [-0.39, 0.29) is 17.4 Å². The molecule has 3 heterocycles. The molecular formula is C26H23N5O2S. The maximum atomic E-state index is 12.9. The van der Waals surface area contributed by atoms with Crippen molar-refractivity contribution in [2.24, 2.45) is 0 Å². The molecule has 0 spiro atoms. The predicted molar refractivity (Wildman–Crippen MR) is 132 cm³/mol. The van der Waals surface area contributed by atoms with Gasteiger partial charge < -0.3 is 4.90 Å². The van der Waals surface area contributed by atoms with Crippen molar-refractivity contribution in [2.45, 2.75) is 24.9 Å². The van der Waals surface area contributed by atoms with E-state index in [1.807, 2.05) is 60.0 Å². The summed E-state index contributed by atoms with van der Waals surface area (Å²) in [5.41, 5.74) is 4.33. The topological polar surface area (TPSA) is 81.0 Å². The zero-order valence-electron chi connectivity index (χ0n) is 18.7. The van der Waals surface area contributed by atoms with Crippen LogP contribution in [0.2, 0.25) is 0 Å². The first-order chi connectivity index (χ1) is 16.6. The second-order valence-corrected chi connectivity index (χ2v) is 9.02. The monoisotopic (exact) mass is 469 g/mol. The third-order valence-electron chi connectivity index (χ3n) is 5.82. The molecule has 1 saturated heterocycles. The van der Waals surface area contributed by atoms with Crippen molar-refractivity contribution < 1.29 is 9.59 Å². The maximum absolute atomic E-state index is 12.9. The van der Waals surface area contributed by atoms with E-state index >= 15 is 0 Å². The van der Waals surface area contributed by atoms with Crippen LogP contribution in [0.5, 0.6) is 0 Å². The van der Waals surface area contributed by atoms with Crippen LogP contribution in [0.3, 0.4) is 0 Å². The number of pyridine rings is 1. The molecule has 4 aromatic rings. The van der Waals surface area contributed by atoms with Crippen molar-refractivity contribution >= 4 is 29.1 Å². The normalized spacial score (nSPS) is 13.4. The fourth-order valence-electron chi connectivity index (χ4n) is 4.04. The lowest BCUT2D eigenvalue weighted by Crippen LogP contribution is -2.23. The Morgan fingerprint density at radius 2 is 1.85 bits per heavy atom. The van der Waals surface area contributed by atoms with Gasteiger partial charge in [0, 0.05) is 42.2 Å². The minimum Gasteiger partial charge on any atom is -0.312 e. The van der Waals surface area contributed by atoms with Crippen LogP contribution >= 0.6 is 11.8 Å². The number of thioether (sulfide) groups is 1. The molecule has 2 aromatic heterocycles. The van der Waals surface area contributed by atoms with Crippen molar-refractivity contribution in [3.63, 3.8) is 0 Å². The number of rotatable bonds is 7. The Morgan fingerprint density at radius 3 is 2.56 bits per heavy atom. The van der Waals surface area contributed by atoms with Gasteiger partial charge in [-0.2, -0.15) is 0 Å². The van der Waals surface area contributed by atoms with Gasteiger partial charge in [-0.25, -0.2) is 0 Å². The molecule has 5 rings (SSSR count). The number of carbonyl (C=O) groups is 2. The lowest BCUT2D eigenvalue weighted by molar-refractivity contribution is -0.117. The second kappa shape index (κ2) is 9.61. The number of carbonyl (C=O) groups excluding carboxylic acids is 2. The Labute approximate surface area is 201 Å². The first-order valence-electron chi connectivity index (χ1n) is 11.1. The van der Waals surface area contributed by atoms with Crippen molar-refractivity contribution in [3.05, 3.63) is 84.2 Å². The highest BCUT2D eigenvalue weighted by atomic mass is 32.2. The molecule has 1 fully saturated rings. The van der Waals surface area contributed by atoms with E-state index < -0.39 is 0 Å². The van der Waals surface area contributed by atoms with Crippen molar-refractivity contribution in [1.29, 1.82) is 0 Å². The zero-order chi connectivity index (χ0) is 23.5. The standard InChI is InChI=1S/C26H23N5O2S/c1-18-6-2-3-8-22(18)31-25(20-7-4-14-27-16-20)28-29-26(31)34-17-23(32)19-10-12-21(13-11-19)30-15-5-9-24(30)33/h2-4,6-8,10-14,16H,5,9,15,17H2,1H3. The summed E-state index contributed by atoms with van der Waals surface area (Å²) < 4.78 is 1.98. The lowest BCUT2D eigenvalue weighted by Gasteiger charge is -2.15. The summed E-state index contributed by atoms with van der Waals surface area (Å²) in [7, 11) is 0. The Balaban J connectivity index is 1.38. The van der Waals surface area contributed by atoms with E-state index in [2.05, 4.69) is 15.2 Å². The summed E-state index contributed by atoms with van der Waals surface area (Å²) in [6, 6.07) is 19.1. The molecule has 34 heavy (non-hydrogen) atoms. The molecule has 0 aliphatic carbocycles. The summed E-state index contributed by atoms with van der Waals surface area (Å²) in [4.78, 5) is 30.9. The third-order valence-corrected chi connectivity index (χ3v) is 6.75. The van der Waals surface area contributed by atoms with E-state index in [0.29, 0.717) is 23.0 Å². The Kier molecular flexibility index (Phi) is 6.22. The summed E-state index contributed by atoms with van der Waals surface area (Å²) in [5.74, 6) is 1.03. The van der Waals surface area contributed by atoms with Gasteiger partial charge in [0.05, 0.1) is 11.4 Å². The summed E-state index contributed by atoms with van der Waals surface area (Å²) in [5, 5.41) is 9.46. The maximum Gasteiger partial charge on any atom is 0.227 e. The number of benzene rings is 2. The van der Waals surface area contributed by atoms with E-state index in [9.17, 15) is 9.59 Å². The van der Waals surface area contributed by atoms with Gasteiger partial charge in [0.25, 0.3) is 0 Å². The van der Waals surface area contributed by atoms with E-state index in [1.165, 1.54) is 11.8 Å². The molecular weight excluding hydrogens is 446 g/mol. The highest BCUT2D eigenvalue weighted by Gasteiger charge is 2.22. The number of anilines is 1.